The molecule has 0 saturated carbocycles. The molecule has 1 aromatic heterocycles. The SMILES string of the molecule is CCCNc1ccnc(CCN(C)C)n1. The highest BCUT2D eigenvalue weighted by atomic mass is 15.1. The Morgan fingerprint density at radius 3 is 2.87 bits per heavy atom. The van der Waals surface area contributed by atoms with Gasteiger partial charge in [0.15, 0.2) is 0 Å². The summed E-state index contributed by atoms with van der Waals surface area (Å²) in [5.74, 6) is 1.84. The first-order chi connectivity index (χ1) is 7.22. The van der Waals surface area contributed by atoms with Gasteiger partial charge in [-0.25, -0.2) is 9.97 Å². The molecule has 0 aromatic carbocycles. The predicted octanol–water partition coefficient (Wildman–Crippen LogP) is 1.40. The number of likely N-dealkylation sites (N-methyl/N-ethyl adjacent to an activating group) is 1. The third kappa shape index (κ3) is 4.74. The van der Waals surface area contributed by atoms with E-state index in [0.717, 1.165) is 37.6 Å². The summed E-state index contributed by atoms with van der Waals surface area (Å²) in [4.78, 5) is 10.8. The van der Waals surface area contributed by atoms with Crippen LogP contribution in [0.4, 0.5) is 5.82 Å². The summed E-state index contributed by atoms with van der Waals surface area (Å²) < 4.78 is 0. The van der Waals surface area contributed by atoms with Gasteiger partial charge >= 0.3 is 0 Å². The lowest BCUT2D eigenvalue weighted by atomic mass is 10.3. The van der Waals surface area contributed by atoms with Gasteiger partial charge in [-0.2, -0.15) is 0 Å². The molecule has 1 aromatic rings. The van der Waals surface area contributed by atoms with Crippen molar-refractivity contribution in [2.75, 3.05) is 32.5 Å². The van der Waals surface area contributed by atoms with E-state index in [0.29, 0.717) is 0 Å². The maximum Gasteiger partial charge on any atom is 0.131 e. The van der Waals surface area contributed by atoms with Crippen LogP contribution in [0.25, 0.3) is 0 Å². The normalized spacial score (nSPS) is 10.7. The number of rotatable bonds is 6. The van der Waals surface area contributed by atoms with Gasteiger partial charge in [-0.1, -0.05) is 6.92 Å². The molecule has 0 aliphatic rings. The highest BCUT2D eigenvalue weighted by Crippen LogP contribution is 2.02. The van der Waals surface area contributed by atoms with E-state index in [4.69, 9.17) is 0 Å². The van der Waals surface area contributed by atoms with Gasteiger partial charge in [0, 0.05) is 25.7 Å². The van der Waals surface area contributed by atoms with Gasteiger partial charge in [0.1, 0.15) is 11.6 Å². The van der Waals surface area contributed by atoms with Crippen molar-refractivity contribution in [2.45, 2.75) is 19.8 Å². The number of aromatic nitrogens is 2. The first-order valence-electron chi connectivity index (χ1n) is 5.43. The predicted molar refractivity (Wildman–Crippen MR) is 63.1 cm³/mol. The molecule has 0 unspecified atom stereocenters. The van der Waals surface area contributed by atoms with Gasteiger partial charge in [0.05, 0.1) is 0 Å². The lowest BCUT2D eigenvalue weighted by Gasteiger charge is -2.09. The average molecular weight is 208 g/mol. The number of hydrogen-bond acceptors (Lipinski definition) is 4. The van der Waals surface area contributed by atoms with Gasteiger partial charge < -0.3 is 10.2 Å². The van der Waals surface area contributed by atoms with E-state index < -0.39 is 0 Å². The maximum absolute atomic E-state index is 4.43. The van der Waals surface area contributed by atoms with Crippen LogP contribution in [-0.2, 0) is 6.42 Å². The monoisotopic (exact) mass is 208 g/mol. The lowest BCUT2D eigenvalue weighted by molar-refractivity contribution is 0.409. The molecule has 0 fully saturated rings. The maximum atomic E-state index is 4.43. The Kier molecular flexibility index (Phi) is 5.04. The Morgan fingerprint density at radius 2 is 2.20 bits per heavy atom. The Labute approximate surface area is 91.7 Å². The average Bonchev–Trinajstić information content (AvgIpc) is 2.24. The molecule has 84 valence electrons. The van der Waals surface area contributed by atoms with Crippen LogP contribution in [0, 0.1) is 0 Å². The molecule has 0 aliphatic carbocycles. The molecular formula is C11H20N4. The molecule has 1 rings (SSSR count). The minimum atomic E-state index is 0.897. The minimum absolute atomic E-state index is 0.897. The second kappa shape index (κ2) is 6.35. The van der Waals surface area contributed by atoms with Crippen molar-refractivity contribution in [1.82, 2.24) is 14.9 Å². The molecule has 0 spiro atoms. The van der Waals surface area contributed by atoms with Gasteiger partial charge in [0.2, 0.25) is 0 Å². The molecule has 0 bridgehead atoms. The standard InChI is InChI=1S/C11H20N4/c1-4-7-12-10-5-8-13-11(14-10)6-9-15(2)3/h5,8H,4,6-7,9H2,1-3H3,(H,12,13,14). The largest absolute Gasteiger partial charge is 0.370 e. The number of hydrogen-bond donors (Lipinski definition) is 1. The van der Waals surface area contributed by atoms with E-state index in [-0.39, 0.29) is 0 Å². The van der Waals surface area contributed by atoms with Crippen molar-refractivity contribution in [3.63, 3.8) is 0 Å². The zero-order valence-electron chi connectivity index (χ0n) is 9.82. The second-order valence-corrected chi connectivity index (χ2v) is 3.84. The summed E-state index contributed by atoms with van der Waals surface area (Å²) in [5, 5.41) is 3.26. The molecule has 4 nitrogen and oxygen atoms in total. The first kappa shape index (κ1) is 11.9. The summed E-state index contributed by atoms with van der Waals surface area (Å²) in [6.45, 7) is 4.09. The van der Waals surface area contributed by atoms with E-state index in [1.165, 1.54) is 0 Å². The van der Waals surface area contributed by atoms with Crippen LogP contribution in [0.1, 0.15) is 19.2 Å². The van der Waals surface area contributed by atoms with Crippen molar-refractivity contribution < 1.29 is 0 Å². The fraction of sp³-hybridized carbons (Fsp3) is 0.636. The highest BCUT2D eigenvalue weighted by molar-refractivity contribution is 5.32. The summed E-state index contributed by atoms with van der Waals surface area (Å²) in [5.41, 5.74) is 0. The zero-order valence-corrected chi connectivity index (χ0v) is 9.82. The Balaban J connectivity index is 2.50. The third-order valence-electron chi connectivity index (χ3n) is 2.04. The van der Waals surface area contributed by atoms with Gasteiger partial charge in [0.25, 0.3) is 0 Å². The lowest BCUT2D eigenvalue weighted by Crippen LogP contribution is -2.16. The molecule has 4 heteroatoms. The Morgan fingerprint density at radius 1 is 1.40 bits per heavy atom. The quantitative estimate of drug-likeness (QED) is 0.767. The van der Waals surface area contributed by atoms with Crippen molar-refractivity contribution in [3.05, 3.63) is 18.1 Å². The van der Waals surface area contributed by atoms with Crippen LogP contribution in [0.2, 0.25) is 0 Å². The van der Waals surface area contributed by atoms with E-state index in [9.17, 15) is 0 Å². The van der Waals surface area contributed by atoms with E-state index in [1.807, 2.05) is 12.3 Å². The number of nitrogens with zero attached hydrogens (tertiary/aromatic N) is 3. The first-order valence-corrected chi connectivity index (χ1v) is 5.43. The second-order valence-electron chi connectivity index (χ2n) is 3.84. The molecule has 1 N–H and O–H groups in total. The Bertz CT molecular complexity index is 286. The van der Waals surface area contributed by atoms with Crippen LogP contribution >= 0.6 is 0 Å². The summed E-state index contributed by atoms with van der Waals surface area (Å²) in [7, 11) is 4.11. The van der Waals surface area contributed by atoms with Crippen LogP contribution in [0.5, 0.6) is 0 Å². The van der Waals surface area contributed by atoms with Crippen molar-refractivity contribution in [3.8, 4) is 0 Å². The van der Waals surface area contributed by atoms with Crippen LogP contribution in [0.3, 0.4) is 0 Å². The van der Waals surface area contributed by atoms with Crippen LogP contribution in [-0.4, -0.2) is 42.1 Å². The fourth-order valence-electron chi connectivity index (χ4n) is 1.19. The smallest absolute Gasteiger partial charge is 0.131 e. The molecule has 0 saturated heterocycles. The number of nitrogens with one attached hydrogen (secondary N) is 1. The zero-order chi connectivity index (χ0) is 11.1. The van der Waals surface area contributed by atoms with Crippen molar-refractivity contribution in [1.29, 1.82) is 0 Å². The van der Waals surface area contributed by atoms with Crippen LogP contribution < -0.4 is 5.32 Å². The van der Waals surface area contributed by atoms with E-state index >= 15 is 0 Å². The third-order valence-corrected chi connectivity index (χ3v) is 2.04. The van der Waals surface area contributed by atoms with E-state index in [2.05, 4.69) is 41.2 Å². The molecular weight excluding hydrogens is 188 g/mol. The molecule has 15 heavy (non-hydrogen) atoms. The molecule has 0 radical (unpaired) electrons. The topological polar surface area (TPSA) is 41.1 Å². The Hall–Kier alpha value is -1.16. The fourth-order valence-corrected chi connectivity index (χ4v) is 1.19. The highest BCUT2D eigenvalue weighted by Gasteiger charge is 1.99. The van der Waals surface area contributed by atoms with Gasteiger partial charge in [-0.15, -0.1) is 0 Å². The number of anilines is 1. The van der Waals surface area contributed by atoms with Crippen LogP contribution in [0.15, 0.2) is 12.3 Å². The molecule has 0 amide bonds. The summed E-state index contributed by atoms with van der Waals surface area (Å²) in [6.07, 6.45) is 3.82. The summed E-state index contributed by atoms with van der Waals surface area (Å²) >= 11 is 0. The molecule has 0 aliphatic heterocycles. The van der Waals surface area contributed by atoms with Crippen molar-refractivity contribution >= 4 is 5.82 Å². The van der Waals surface area contributed by atoms with Crippen molar-refractivity contribution in [2.24, 2.45) is 0 Å². The van der Waals surface area contributed by atoms with E-state index in [1.54, 1.807) is 0 Å². The molecule has 1 heterocycles. The summed E-state index contributed by atoms with van der Waals surface area (Å²) in [6, 6.07) is 1.91. The minimum Gasteiger partial charge on any atom is -0.370 e. The molecule has 0 atom stereocenters. The van der Waals surface area contributed by atoms with Gasteiger partial charge in [-0.3, -0.25) is 0 Å². The van der Waals surface area contributed by atoms with Gasteiger partial charge in [-0.05, 0) is 26.6 Å².